The molecular formula is C28H25ClN2O5S. The van der Waals surface area contributed by atoms with Crippen LogP contribution < -0.4 is 9.47 Å². The second-order valence-corrected chi connectivity index (χ2v) is 9.36. The molecule has 190 valence electrons. The minimum atomic E-state index is -0.415. The number of thioether (sulfide) groups is 1. The van der Waals surface area contributed by atoms with Gasteiger partial charge < -0.3 is 14.2 Å². The number of hydrogen-bond donors (Lipinski definition) is 0. The molecule has 1 aliphatic heterocycles. The van der Waals surface area contributed by atoms with Gasteiger partial charge in [0.15, 0.2) is 16.7 Å². The van der Waals surface area contributed by atoms with E-state index in [0.29, 0.717) is 51.0 Å². The van der Waals surface area contributed by atoms with E-state index >= 15 is 0 Å². The molecule has 0 bridgehead atoms. The number of esters is 1. The molecule has 1 heterocycles. The number of rotatable bonds is 8. The molecule has 0 atom stereocenters. The lowest BCUT2D eigenvalue weighted by Gasteiger charge is -2.12. The van der Waals surface area contributed by atoms with Gasteiger partial charge in [-0.1, -0.05) is 29.8 Å². The molecule has 0 N–H and O–H groups in total. The Morgan fingerprint density at radius 3 is 2.41 bits per heavy atom. The fraction of sp³-hybridized carbons (Fsp3) is 0.179. The first-order valence-electron chi connectivity index (χ1n) is 11.5. The number of likely N-dealkylation sites (N-methyl/N-ethyl adjacent to an activating group) is 1. The standard InChI is InChI=1S/C28H25ClN2O5S/c1-4-31-26(32)25(37-28(31)30-22-12-8-20(9-13-22)27(33)35-3)16-19-7-14-23(24(15-19)34-2)36-17-18-5-10-21(29)11-6-18/h5-16H,4,17H2,1-3H3. The summed E-state index contributed by atoms with van der Waals surface area (Å²) in [6.07, 6.45) is 1.81. The molecule has 1 saturated heterocycles. The molecule has 1 fully saturated rings. The maximum absolute atomic E-state index is 13.1. The van der Waals surface area contributed by atoms with Crippen molar-refractivity contribution in [2.45, 2.75) is 13.5 Å². The van der Waals surface area contributed by atoms with Gasteiger partial charge >= 0.3 is 5.97 Å². The maximum atomic E-state index is 13.1. The largest absolute Gasteiger partial charge is 0.493 e. The highest BCUT2D eigenvalue weighted by atomic mass is 35.5. The number of nitrogens with zero attached hydrogens (tertiary/aromatic N) is 2. The van der Waals surface area contributed by atoms with Crippen molar-refractivity contribution >= 4 is 52.2 Å². The van der Waals surface area contributed by atoms with E-state index in [4.69, 9.17) is 25.8 Å². The summed E-state index contributed by atoms with van der Waals surface area (Å²) < 4.78 is 16.2. The normalized spacial score (nSPS) is 15.4. The van der Waals surface area contributed by atoms with Crippen molar-refractivity contribution in [1.82, 2.24) is 4.90 Å². The van der Waals surface area contributed by atoms with Gasteiger partial charge in [-0.3, -0.25) is 9.69 Å². The zero-order valence-corrected chi connectivity index (χ0v) is 22.1. The zero-order chi connectivity index (χ0) is 26.4. The number of halogens is 1. The number of amidine groups is 1. The second kappa shape index (κ2) is 12.0. The smallest absolute Gasteiger partial charge is 0.337 e. The Balaban J connectivity index is 1.52. The SMILES string of the molecule is CCN1C(=O)C(=Cc2ccc(OCc3ccc(Cl)cc3)c(OC)c2)SC1=Nc1ccc(C(=O)OC)cc1. The third kappa shape index (κ3) is 6.34. The summed E-state index contributed by atoms with van der Waals surface area (Å²) in [5, 5.41) is 1.24. The summed E-state index contributed by atoms with van der Waals surface area (Å²) in [4.78, 5) is 31.5. The van der Waals surface area contributed by atoms with Gasteiger partial charge in [-0.15, -0.1) is 0 Å². The van der Waals surface area contributed by atoms with Crippen LogP contribution in [0.3, 0.4) is 0 Å². The Morgan fingerprint density at radius 2 is 1.76 bits per heavy atom. The minimum absolute atomic E-state index is 0.125. The van der Waals surface area contributed by atoms with Crippen LogP contribution >= 0.6 is 23.4 Å². The highest BCUT2D eigenvalue weighted by Crippen LogP contribution is 2.36. The first-order valence-corrected chi connectivity index (χ1v) is 12.6. The molecule has 0 aliphatic carbocycles. The summed E-state index contributed by atoms with van der Waals surface area (Å²) in [5.41, 5.74) is 2.85. The Bertz CT molecular complexity index is 1350. The third-order valence-electron chi connectivity index (χ3n) is 5.51. The molecule has 0 aromatic heterocycles. The van der Waals surface area contributed by atoms with Crippen LogP contribution in [0.4, 0.5) is 5.69 Å². The lowest BCUT2D eigenvalue weighted by atomic mass is 10.1. The number of carbonyl (C=O) groups is 2. The van der Waals surface area contributed by atoms with Crippen LogP contribution in [0, 0.1) is 0 Å². The van der Waals surface area contributed by atoms with Gasteiger partial charge in [-0.05, 0) is 84.4 Å². The van der Waals surface area contributed by atoms with Crippen LogP contribution in [-0.4, -0.2) is 42.7 Å². The quantitative estimate of drug-likeness (QED) is 0.247. The Hall–Kier alpha value is -3.75. The first-order chi connectivity index (χ1) is 17.9. The highest BCUT2D eigenvalue weighted by molar-refractivity contribution is 8.18. The number of benzene rings is 3. The van der Waals surface area contributed by atoms with Crippen molar-refractivity contribution in [2.75, 3.05) is 20.8 Å². The number of ether oxygens (including phenoxy) is 3. The molecule has 4 rings (SSSR count). The van der Waals surface area contributed by atoms with Gasteiger partial charge in [-0.25, -0.2) is 9.79 Å². The molecule has 3 aromatic rings. The second-order valence-electron chi connectivity index (χ2n) is 7.92. The Labute approximate surface area is 224 Å². The molecule has 9 heteroatoms. The predicted octanol–water partition coefficient (Wildman–Crippen LogP) is 6.34. The van der Waals surface area contributed by atoms with Gasteiger partial charge in [0.2, 0.25) is 0 Å². The van der Waals surface area contributed by atoms with E-state index in [9.17, 15) is 9.59 Å². The molecule has 3 aromatic carbocycles. The molecule has 1 aliphatic rings. The fourth-order valence-electron chi connectivity index (χ4n) is 3.56. The van der Waals surface area contributed by atoms with Crippen LogP contribution in [0.1, 0.15) is 28.4 Å². The summed E-state index contributed by atoms with van der Waals surface area (Å²) in [5.74, 6) is 0.616. The molecule has 0 spiro atoms. The molecule has 37 heavy (non-hydrogen) atoms. The first kappa shape index (κ1) is 26.3. The number of aliphatic imine (C=N–C) groups is 1. The lowest BCUT2D eigenvalue weighted by Crippen LogP contribution is -2.28. The maximum Gasteiger partial charge on any atom is 0.337 e. The summed E-state index contributed by atoms with van der Waals surface area (Å²) in [7, 11) is 2.91. The average Bonchev–Trinajstić information content (AvgIpc) is 3.21. The Kier molecular flexibility index (Phi) is 8.53. The molecule has 1 amide bonds. The van der Waals surface area contributed by atoms with E-state index in [1.54, 1.807) is 36.3 Å². The van der Waals surface area contributed by atoms with Crippen molar-refractivity contribution in [3.8, 4) is 11.5 Å². The number of carbonyl (C=O) groups excluding carboxylic acids is 2. The van der Waals surface area contributed by atoms with Crippen LogP contribution in [-0.2, 0) is 16.1 Å². The van der Waals surface area contributed by atoms with E-state index in [-0.39, 0.29) is 5.91 Å². The highest BCUT2D eigenvalue weighted by Gasteiger charge is 2.32. The summed E-state index contributed by atoms with van der Waals surface area (Å²) in [6, 6.07) is 19.7. The van der Waals surface area contributed by atoms with E-state index in [0.717, 1.165) is 11.1 Å². The van der Waals surface area contributed by atoms with E-state index in [1.807, 2.05) is 55.5 Å². The van der Waals surface area contributed by atoms with Crippen LogP contribution in [0.5, 0.6) is 11.5 Å². The molecule has 7 nitrogen and oxygen atoms in total. The van der Waals surface area contributed by atoms with Crippen molar-refractivity contribution in [1.29, 1.82) is 0 Å². The Morgan fingerprint density at radius 1 is 1.03 bits per heavy atom. The topological polar surface area (TPSA) is 77.4 Å². The zero-order valence-electron chi connectivity index (χ0n) is 20.6. The van der Waals surface area contributed by atoms with Gasteiger partial charge in [0.25, 0.3) is 5.91 Å². The summed E-state index contributed by atoms with van der Waals surface area (Å²) >= 11 is 7.24. The monoisotopic (exact) mass is 536 g/mol. The van der Waals surface area contributed by atoms with E-state index < -0.39 is 5.97 Å². The molecular weight excluding hydrogens is 512 g/mol. The van der Waals surface area contributed by atoms with E-state index in [2.05, 4.69) is 4.99 Å². The molecule has 0 saturated carbocycles. The van der Waals surface area contributed by atoms with Gasteiger partial charge in [0.1, 0.15) is 6.61 Å². The van der Waals surface area contributed by atoms with Crippen molar-refractivity contribution in [3.05, 3.63) is 93.3 Å². The van der Waals surface area contributed by atoms with Crippen molar-refractivity contribution in [3.63, 3.8) is 0 Å². The lowest BCUT2D eigenvalue weighted by molar-refractivity contribution is -0.122. The van der Waals surface area contributed by atoms with Crippen LogP contribution in [0.15, 0.2) is 76.6 Å². The average molecular weight is 537 g/mol. The van der Waals surface area contributed by atoms with Crippen molar-refractivity contribution < 1.29 is 23.8 Å². The van der Waals surface area contributed by atoms with Gasteiger partial charge in [-0.2, -0.15) is 0 Å². The number of amides is 1. The number of methoxy groups -OCH3 is 2. The predicted molar refractivity (Wildman–Crippen MR) is 147 cm³/mol. The fourth-order valence-corrected chi connectivity index (χ4v) is 4.75. The molecule has 0 unspecified atom stereocenters. The van der Waals surface area contributed by atoms with Gasteiger partial charge in [0, 0.05) is 11.6 Å². The number of hydrogen-bond acceptors (Lipinski definition) is 7. The van der Waals surface area contributed by atoms with E-state index in [1.165, 1.54) is 18.9 Å². The molecule has 0 radical (unpaired) electrons. The summed E-state index contributed by atoms with van der Waals surface area (Å²) in [6.45, 7) is 2.74. The van der Waals surface area contributed by atoms with Crippen molar-refractivity contribution in [2.24, 2.45) is 4.99 Å². The third-order valence-corrected chi connectivity index (χ3v) is 6.77. The van der Waals surface area contributed by atoms with Crippen LogP contribution in [0.2, 0.25) is 5.02 Å². The van der Waals surface area contributed by atoms with Gasteiger partial charge in [0.05, 0.1) is 30.4 Å². The van der Waals surface area contributed by atoms with Crippen LogP contribution in [0.25, 0.3) is 6.08 Å². The minimum Gasteiger partial charge on any atom is -0.493 e.